The first kappa shape index (κ1) is 25.7. The van der Waals surface area contributed by atoms with Crippen LogP contribution in [0.15, 0.2) is 11.4 Å². The summed E-state index contributed by atoms with van der Waals surface area (Å²) >= 11 is 2.06. The third kappa shape index (κ3) is 7.82. The average Bonchev–Trinajstić information content (AvgIpc) is 3.32. The van der Waals surface area contributed by atoms with Crippen LogP contribution in [0.2, 0.25) is 13.3 Å². The second-order valence-electron chi connectivity index (χ2n) is 9.17. The van der Waals surface area contributed by atoms with E-state index < -0.39 is 18.4 Å². The van der Waals surface area contributed by atoms with E-state index in [1.807, 2.05) is 14.2 Å². The van der Waals surface area contributed by atoms with Gasteiger partial charge in [-0.2, -0.15) is 0 Å². The van der Waals surface area contributed by atoms with E-state index >= 15 is 0 Å². The predicted molar refractivity (Wildman–Crippen MR) is 141 cm³/mol. The van der Waals surface area contributed by atoms with Gasteiger partial charge < -0.3 is 0 Å². The van der Waals surface area contributed by atoms with Crippen LogP contribution in [0.3, 0.4) is 0 Å². The number of aryl methyl sites for hydroxylation is 1. The molecule has 0 radical (unpaired) electrons. The molecule has 0 aliphatic heterocycles. The number of hydrogen-bond donors (Lipinski definition) is 0. The summed E-state index contributed by atoms with van der Waals surface area (Å²) in [4.78, 5) is 0. The van der Waals surface area contributed by atoms with Crippen LogP contribution in [0.4, 0.5) is 0 Å². The first-order valence-corrected chi connectivity index (χ1v) is 21.9. The summed E-state index contributed by atoms with van der Waals surface area (Å²) in [7, 11) is 0. The molecule has 0 N–H and O–H groups in total. The third-order valence-electron chi connectivity index (χ3n) is 6.67. The van der Waals surface area contributed by atoms with Crippen LogP contribution < -0.4 is 2.89 Å². The minimum atomic E-state index is -2.24. The van der Waals surface area contributed by atoms with Gasteiger partial charge in [-0.15, -0.1) is 0 Å². The molecule has 0 bridgehead atoms. The predicted octanol–water partition coefficient (Wildman–Crippen LogP) is 9.92. The van der Waals surface area contributed by atoms with Crippen molar-refractivity contribution in [2.75, 3.05) is 0 Å². The molecule has 2 aromatic rings. The van der Waals surface area contributed by atoms with Gasteiger partial charge >= 0.3 is 195 Å². The minimum absolute atomic E-state index is 1.31. The summed E-state index contributed by atoms with van der Waals surface area (Å²) in [5.74, 6) is 0. The van der Waals surface area contributed by atoms with Crippen molar-refractivity contribution >= 4 is 53.3 Å². The molecule has 0 amide bonds. The molecule has 29 heavy (non-hydrogen) atoms. The van der Waals surface area contributed by atoms with Gasteiger partial charge in [-0.05, 0) is 0 Å². The normalized spacial score (nSPS) is 12.3. The van der Waals surface area contributed by atoms with Gasteiger partial charge in [-0.3, -0.25) is 0 Å². The van der Waals surface area contributed by atoms with Gasteiger partial charge in [-0.25, -0.2) is 0 Å². The van der Waals surface area contributed by atoms with E-state index in [0.29, 0.717) is 0 Å². The SMILES string of the molecule is CCCCCCCCc1csc2c[c]([Sn]([CH2]CCC)([CH2]CCC)[CH2]CCC)sc12. The Labute approximate surface area is 193 Å². The summed E-state index contributed by atoms with van der Waals surface area (Å²) in [6, 6.07) is 2.70. The number of unbranched alkanes of at least 4 members (excludes halogenated alkanes) is 8. The molecular formula is C26H46S2Sn. The fraction of sp³-hybridized carbons (Fsp3) is 0.769. The van der Waals surface area contributed by atoms with Crippen LogP contribution in [0, 0.1) is 0 Å². The topological polar surface area (TPSA) is 0 Å². The molecule has 0 saturated carbocycles. The van der Waals surface area contributed by atoms with E-state index in [1.54, 1.807) is 28.3 Å². The standard InChI is InChI=1S/C14H19S2.3C4H9.Sn/c1-2-3-4-5-6-7-8-12-11-16-13-9-10-15-14(12)13;3*1-3-4-2;/h9,11H,2-8H2,1H3;3*1,3-4H2,2H3;. The Morgan fingerprint density at radius 3 is 1.83 bits per heavy atom. The van der Waals surface area contributed by atoms with Gasteiger partial charge in [0.15, 0.2) is 0 Å². The Morgan fingerprint density at radius 1 is 0.690 bits per heavy atom. The number of rotatable bonds is 17. The first-order valence-electron chi connectivity index (χ1n) is 12.7. The van der Waals surface area contributed by atoms with E-state index in [-0.39, 0.29) is 0 Å². The van der Waals surface area contributed by atoms with Gasteiger partial charge in [-0.1, -0.05) is 0 Å². The van der Waals surface area contributed by atoms with Gasteiger partial charge in [0.05, 0.1) is 0 Å². The van der Waals surface area contributed by atoms with Crippen LogP contribution in [0.1, 0.15) is 110 Å². The molecule has 2 rings (SSSR count). The van der Waals surface area contributed by atoms with Crippen molar-refractivity contribution in [3.63, 3.8) is 0 Å². The average molecular weight is 541 g/mol. The van der Waals surface area contributed by atoms with Crippen molar-refractivity contribution in [2.45, 2.75) is 124 Å². The molecular weight excluding hydrogens is 495 g/mol. The third-order valence-corrected chi connectivity index (χ3v) is 27.2. The van der Waals surface area contributed by atoms with Gasteiger partial charge in [0.2, 0.25) is 0 Å². The first-order chi connectivity index (χ1) is 14.2. The monoisotopic (exact) mass is 542 g/mol. The summed E-state index contributed by atoms with van der Waals surface area (Å²) in [6.45, 7) is 9.48. The Hall–Kier alpha value is 0.459. The quantitative estimate of drug-likeness (QED) is 0.138. The Bertz CT molecular complexity index is 648. The molecule has 2 heterocycles. The van der Waals surface area contributed by atoms with E-state index in [2.05, 4.69) is 50.5 Å². The second-order valence-corrected chi connectivity index (χ2v) is 25.3. The zero-order chi connectivity index (χ0) is 21.0. The molecule has 0 unspecified atom stereocenters. The van der Waals surface area contributed by atoms with E-state index in [0.717, 1.165) is 0 Å². The van der Waals surface area contributed by atoms with Crippen molar-refractivity contribution in [1.82, 2.24) is 0 Å². The Balaban J connectivity index is 2.15. The molecule has 0 nitrogen and oxygen atoms in total. The van der Waals surface area contributed by atoms with Crippen LogP contribution in [0.5, 0.6) is 0 Å². The van der Waals surface area contributed by atoms with Gasteiger partial charge in [0, 0.05) is 0 Å². The van der Waals surface area contributed by atoms with Gasteiger partial charge in [0.25, 0.3) is 0 Å². The summed E-state index contributed by atoms with van der Waals surface area (Å²) in [6.07, 6.45) is 18.3. The fourth-order valence-electron chi connectivity index (χ4n) is 4.69. The van der Waals surface area contributed by atoms with Crippen LogP contribution in [-0.4, -0.2) is 18.4 Å². The summed E-state index contributed by atoms with van der Waals surface area (Å²) < 4.78 is 10.0. The molecule has 0 atom stereocenters. The molecule has 0 fully saturated rings. The van der Waals surface area contributed by atoms with Crippen LogP contribution in [-0.2, 0) is 6.42 Å². The molecule has 0 aromatic carbocycles. The molecule has 166 valence electrons. The molecule has 0 aliphatic rings. The van der Waals surface area contributed by atoms with E-state index in [1.165, 1.54) is 83.5 Å². The maximum absolute atomic E-state index is 2.70. The summed E-state index contributed by atoms with van der Waals surface area (Å²) in [5, 5.41) is 2.48. The summed E-state index contributed by atoms with van der Waals surface area (Å²) in [5.41, 5.74) is 1.68. The van der Waals surface area contributed by atoms with Gasteiger partial charge in [0.1, 0.15) is 0 Å². The maximum atomic E-state index is 2.70. The molecule has 0 aliphatic carbocycles. The van der Waals surface area contributed by atoms with Crippen molar-refractivity contribution < 1.29 is 0 Å². The Morgan fingerprint density at radius 2 is 1.24 bits per heavy atom. The van der Waals surface area contributed by atoms with Crippen molar-refractivity contribution in [2.24, 2.45) is 0 Å². The fourth-order valence-corrected chi connectivity index (χ4v) is 26.5. The molecule has 0 saturated heterocycles. The molecule has 3 heteroatoms. The zero-order valence-corrected chi connectivity index (χ0v) is 24.3. The second kappa shape index (κ2) is 14.5. The number of fused-ring (bicyclic) bond motifs is 1. The molecule has 2 aromatic heterocycles. The zero-order valence-electron chi connectivity index (χ0n) is 19.8. The van der Waals surface area contributed by atoms with Crippen molar-refractivity contribution in [3.8, 4) is 0 Å². The van der Waals surface area contributed by atoms with Crippen LogP contribution in [0.25, 0.3) is 9.40 Å². The van der Waals surface area contributed by atoms with Crippen molar-refractivity contribution in [1.29, 1.82) is 0 Å². The van der Waals surface area contributed by atoms with Crippen LogP contribution >= 0.6 is 22.7 Å². The number of thiophene rings is 2. The van der Waals surface area contributed by atoms with E-state index in [9.17, 15) is 0 Å². The number of hydrogen-bond acceptors (Lipinski definition) is 2. The van der Waals surface area contributed by atoms with Crippen molar-refractivity contribution in [3.05, 3.63) is 17.0 Å². The molecule has 0 spiro atoms. The van der Waals surface area contributed by atoms with E-state index in [4.69, 9.17) is 0 Å². The Kier molecular flexibility index (Phi) is 12.9.